The Kier molecular flexibility index (Phi) is 4.83. The van der Waals surface area contributed by atoms with Crippen LogP contribution in [-0.2, 0) is 14.9 Å². The number of fused-ring (bicyclic) bond motifs is 1. The number of hydrogen-bond donors (Lipinski definition) is 1. The monoisotopic (exact) mass is 342 g/mol. The number of carbonyl (C=O) groups is 1. The van der Waals surface area contributed by atoms with Crippen LogP contribution in [0.4, 0.5) is 0 Å². The van der Waals surface area contributed by atoms with Crippen LogP contribution in [0.3, 0.4) is 0 Å². The number of nitrogens with zero attached hydrogens (tertiary/aromatic N) is 1. The van der Waals surface area contributed by atoms with Gasteiger partial charge < -0.3 is 15.0 Å². The SMILES string of the molecule is Cc1ccc(C2(C(=O)N3CC[C@@H]4CNC[C@@H]4CC3)CCOCC2)cc1. The van der Waals surface area contributed by atoms with Crippen LogP contribution >= 0.6 is 0 Å². The molecule has 0 aromatic heterocycles. The number of aryl methyl sites for hydroxylation is 1. The smallest absolute Gasteiger partial charge is 0.233 e. The standard InChI is InChI=1S/C21H30N2O2/c1-16-2-4-19(5-3-16)21(8-12-25-13-9-21)20(24)23-10-6-17-14-22-15-18(17)7-11-23/h2-5,17-18,22H,6-15H2,1H3/t17-,18+. The predicted molar refractivity (Wildman–Crippen MR) is 98.6 cm³/mol. The van der Waals surface area contributed by atoms with Gasteiger partial charge in [-0.1, -0.05) is 29.8 Å². The zero-order chi connectivity index (χ0) is 17.3. The van der Waals surface area contributed by atoms with Crippen molar-refractivity contribution in [2.24, 2.45) is 11.8 Å². The number of carbonyl (C=O) groups excluding carboxylic acids is 1. The van der Waals surface area contributed by atoms with E-state index in [0.717, 1.165) is 63.7 Å². The van der Waals surface area contributed by atoms with E-state index in [1.807, 2.05) is 0 Å². The summed E-state index contributed by atoms with van der Waals surface area (Å²) in [4.78, 5) is 15.9. The lowest BCUT2D eigenvalue weighted by molar-refractivity contribution is -0.141. The third-order valence-corrected chi connectivity index (χ3v) is 6.67. The van der Waals surface area contributed by atoms with Crippen molar-refractivity contribution in [1.29, 1.82) is 0 Å². The van der Waals surface area contributed by atoms with E-state index in [0.29, 0.717) is 19.1 Å². The summed E-state index contributed by atoms with van der Waals surface area (Å²) in [5.41, 5.74) is 2.04. The van der Waals surface area contributed by atoms with Crippen LogP contribution in [0.25, 0.3) is 0 Å². The summed E-state index contributed by atoms with van der Waals surface area (Å²) in [6, 6.07) is 8.60. The fourth-order valence-electron chi connectivity index (χ4n) is 4.94. The van der Waals surface area contributed by atoms with E-state index in [1.54, 1.807) is 0 Å². The van der Waals surface area contributed by atoms with Crippen molar-refractivity contribution in [3.05, 3.63) is 35.4 Å². The molecule has 0 spiro atoms. The average molecular weight is 342 g/mol. The molecule has 4 rings (SSSR count). The lowest BCUT2D eigenvalue weighted by atomic mass is 9.72. The third-order valence-electron chi connectivity index (χ3n) is 6.67. The first-order valence-electron chi connectivity index (χ1n) is 9.84. The summed E-state index contributed by atoms with van der Waals surface area (Å²) < 4.78 is 5.61. The van der Waals surface area contributed by atoms with Gasteiger partial charge in [0.25, 0.3) is 0 Å². The molecule has 25 heavy (non-hydrogen) atoms. The zero-order valence-corrected chi connectivity index (χ0v) is 15.3. The Labute approximate surface area is 150 Å². The van der Waals surface area contributed by atoms with E-state index in [2.05, 4.69) is 41.4 Å². The molecule has 1 aromatic carbocycles. The molecule has 0 unspecified atom stereocenters. The molecule has 3 aliphatic heterocycles. The molecular formula is C21H30N2O2. The van der Waals surface area contributed by atoms with Gasteiger partial charge in [-0.15, -0.1) is 0 Å². The number of amides is 1. The van der Waals surface area contributed by atoms with E-state index >= 15 is 0 Å². The second kappa shape index (κ2) is 7.08. The lowest BCUT2D eigenvalue weighted by Gasteiger charge is -2.40. The minimum absolute atomic E-state index is 0.340. The van der Waals surface area contributed by atoms with Gasteiger partial charge in [0, 0.05) is 26.3 Å². The quantitative estimate of drug-likeness (QED) is 0.898. The Morgan fingerprint density at radius 2 is 1.68 bits per heavy atom. The molecular weight excluding hydrogens is 312 g/mol. The number of rotatable bonds is 2. The van der Waals surface area contributed by atoms with Crippen molar-refractivity contribution in [3.8, 4) is 0 Å². The number of benzene rings is 1. The van der Waals surface area contributed by atoms with E-state index in [9.17, 15) is 4.79 Å². The molecule has 4 nitrogen and oxygen atoms in total. The number of ether oxygens (including phenoxy) is 1. The van der Waals surface area contributed by atoms with Crippen LogP contribution < -0.4 is 5.32 Å². The Balaban J connectivity index is 1.58. The molecule has 3 aliphatic rings. The molecule has 2 atom stereocenters. The highest BCUT2D eigenvalue weighted by molar-refractivity contribution is 5.88. The van der Waals surface area contributed by atoms with Gasteiger partial charge in [0.05, 0.1) is 5.41 Å². The molecule has 0 radical (unpaired) electrons. The van der Waals surface area contributed by atoms with Gasteiger partial charge in [0.15, 0.2) is 0 Å². The van der Waals surface area contributed by atoms with Gasteiger partial charge in [0.1, 0.15) is 0 Å². The highest BCUT2D eigenvalue weighted by Crippen LogP contribution is 2.38. The molecule has 136 valence electrons. The van der Waals surface area contributed by atoms with Gasteiger partial charge in [-0.25, -0.2) is 0 Å². The van der Waals surface area contributed by atoms with Gasteiger partial charge >= 0.3 is 0 Å². The molecule has 0 aliphatic carbocycles. The van der Waals surface area contributed by atoms with E-state index in [-0.39, 0.29) is 5.41 Å². The second-order valence-corrected chi connectivity index (χ2v) is 8.11. The molecule has 0 saturated carbocycles. The maximum absolute atomic E-state index is 13.7. The molecule has 1 N–H and O–H groups in total. The van der Waals surface area contributed by atoms with Crippen molar-refractivity contribution >= 4 is 5.91 Å². The van der Waals surface area contributed by atoms with Crippen LogP contribution in [0.1, 0.15) is 36.8 Å². The van der Waals surface area contributed by atoms with Crippen molar-refractivity contribution < 1.29 is 9.53 Å². The number of nitrogens with one attached hydrogen (secondary N) is 1. The Morgan fingerprint density at radius 1 is 1.08 bits per heavy atom. The van der Waals surface area contributed by atoms with Crippen LogP contribution in [-0.4, -0.2) is 50.2 Å². The fourth-order valence-corrected chi connectivity index (χ4v) is 4.94. The zero-order valence-electron chi connectivity index (χ0n) is 15.3. The van der Waals surface area contributed by atoms with Crippen molar-refractivity contribution in [3.63, 3.8) is 0 Å². The predicted octanol–water partition coefficient (Wildman–Crippen LogP) is 2.50. The topological polar surface area (TPSA) is 41.6 Å². The average Bonchev–Trinajstić information content (AvgIpc) is 3.01. The van der Waals surface area contributed by atoms with Crippen LogP contribution in [0.15, 0.2) is 24.3 Å². The summed E-state index contributed by atoms with van der Waals surface area (Å²) in [6.07, 6.45) is 3.90. The Morgan fingerprint density at radius 3 is 2.28 bits per heavy atom. The number of likely N-dealkylation sites (tertiary alicyclic amines) is 1. The van der Waals surface area contributed by atoms with Gasteiger partial charge in [-0.2, -0.15) is 0 Å². The van der Waals surface area contributed by atoms with Crippen molar-refractivity contribution in [1.82, 2.24) is 10.2 Å². The summed E-state index contributed by atoms with van der Waals surface area (Å²) in [5.74, 6) is 1.85. The molecule has 3 fully saturated rings. The van der Waals surface area contributed by atoms with E-state index in [4.69, 9.17) is 4.74 Å². The molecule has 3 heterocycles. The van der Waals surface area contributed by atoms with Crippen LogP contribution in [0.5, 0.6) is 0 Å². The van der Waals surface area contributed by atoms with E-state index in [1.165, 1.54) is 11.1 Å². The highest BCUT2D eigenvalue weighted by atomic mass is 16.5. The molecule has 0 bridgehead atoms. The minimum Gasteiger partial charge on any atom is -0.381 e. The first kappa shape index (κ1) is 17.0. The summed E-state index contributed by atoms with van der Waals surface area (Å²) >= 11 is 0. The van der Waals surface area contributed by atoms with E-state index < -0.39 is 0 Å². The normalized spacial score (nSPS) is 29.1. The first-order valence-corrected chi connectivity index (χ1v) is 9.84. The molecule has 1 aromatic rings. The highest BCUT2D eigenvalue weighted by Gasteiger charge is 2.45. The summed E-state index contributed by atoms with van der Waals surface area (Å²) in [5, 5.41) is 3.52. The molecule has 1 amide bonds. The Bertz CT molecular complexity index is 593. The third kappa shape index (κ3) is 3.22. The Hall–Kier alpha value is -1.39. The van der Waals surface area contributed by atoms with Gasteiger partial charge in [-0.3, -0.25) is 4.79 Å². The molecule has 3 saturated heterocycles. The summed E-state index contributed by atoms with van der Waals surface area (Å²) in [6.45, 7) is 7.55. The first-order chi connectivity index (χ1) is 12.2. The van der Waals surface area contributed by atoms with Crippen molar-refractivity contribution in [2.45, 2.75) is 38.0 Å². The number of hydrogen-bond acceptors (Lipinski definition) is 3. The minimum atomic E-state index is -0.385. The maximum atomic E-state index is 13.7. The summed E-state index contributed by atoms with van der Waals surface area (Å²) in [7, 11) is 0. The van der Waals surface area contributed by atoms with Gasteiger partial charge in [0.2, 0.25) is 5.91 Å². The van der Waals surface area contributed by atoms with Gasteiger partial charge in [-0.05, 0) is 63.1 Å². The van der Waals surface area contributed by atoms with Crippen LogP contribution in [0.2, 0.25) is 0 Å². The van der Waals surface area contributed by atoms with Crippen molar-refractivity contribution in [2.75, 3.05) is 39.4 Å². The van der Waals surface area contributed by atoms with Crippen LogP contribution in [0, 0.1) is 18.8 Å². The maximum Gasteiger partial charge on any atom is 0.233 e. The second-order valence-electron chi connectivity index (χ2n) is 8.11. The lowest BCUT2D eigenvalue weighted by Crippen LogP contribution is -2.50. The fraction of sp³-hybridized carbons (Fsp3) is 0.667. The molecule has 4 heteroatoms. The largest absolute Gasteiger partial charge is 0.381 e.